The van der Waals surface area contributed by atoms with Gasteiger partial charge in [0.2, 0.25) is 0 Å². The zero-order valence-corrected chi connectivity index (χ0v) is 13.8. The molecule has 1 N–H and O–H groups in total. The molecule has 5 heteroatoms. The van der Waals surface area contributed by atoms with Gasteiger partial charge >= 0.3 is 0 Å². The summed E-state index contributed by atoms with van der Waals surface area (Å²) in [5.74, 6) is 0.0456. The average molecular weight is 312 g/mol. The second-order valence-electron chi connectivity index (χ2n) is 6.09. The van der Waals surface area contributed by atoms with E-state index in [-0.39, 0.29) is 11.9 Å². The summed E-state index contributed by atoms with van der Waals surface area (Å²) in [5.41, 5.74) is 1.90. The number of rotatable bonds is 5. The third-order valence-electron chi connectivity index (χ3n) is 4.80. The molecule has 1 aromatic carbocycles. The van der Waals surface area contributed by atoms with Crippen molar-refractivity contribution in [2.75, 3.05) is 19.6 Å². The van der Waals surface area contributed by atoms with Crippen molar-refractivity contribution in [3.05, 3.63) is 53.9 Å². The fourth-order valence-electron chi connectivity index (χ4n) is 3.41. The zero-order chi connectivity index (χ0) is 16.2. The zero-order valence-electron chi connectivity index (χ0n) is 13.8. The molecule has 2 unspecified atom stereocenters. The Bertz CT molecular complexity index is 626. The lowest BCUT2D eigenvalue weighted by Gasteiger charge is -2.29. The van der Waals surface area contributed by atoms with E-state index in [9.17, 15) is 4.79 Å². The van der Waals surface area contributed by atoms with Crippen LogP contribution in [0.15, 0.2) is 42.6 Å². The summed E-state index contributed by atoms with van der Waals surface area (Å²) < 4.78 is 0. The van der Waals surface area contributed by atoms with Crippen LogP contribution in [0.5, 0.6) is 0 Å². The number of hydrogen-bond acceptors (Lipinski definition) is 3. The van der Waals surface area contributed by atoms with Gasteiger partial charge in [-0.3, -0.25) is 14.8 Å². The number of aromatic amines is 1. The quantitative estimate of drug-likeness (QED) is 0.923. The molecular weight excluding hydrogens is 288 g/mol. The lowest BCUT2D eigenvalue weighted by atomic mass is 10.1. The first-order valence-electron chi connectivity index (χ1n) is 8.30. The van der Waals surface area contributed by atoms with Gasteiger partial charge in [-0.25, -0.2) is 0 Å². The molecule has 1 saturated heterocycles. The molecule has 0 radical (unpaired) electrons. The average Bonchev–Trinajstić information content (AvgIpc) is 3.27. The third kappa shape index (κ3) is 3.29. The van der Waals surface area contributed by atoms with E-state index in [4.69, 9.17) is 0 Å². The van der Waals surface area contributed by atoms with Gasteiger partial charge in [0, 0.05) is 37.9 Å². The van der Waals surface area contributed by atoms with Gasteiger partial charge in [-0.1, -0.05) is 30.3 Å². The molecule has 1 aliphatic heterocycles. The first-order valence-corrected chi connectivity index (χ1v) is 8.30. The molecule has 1 amide bonds. The van der Waals surface area contributed by atoms with E-state index < -0.39 is 0 Å². The van der Waals surface area contributed by atoms with E-state index in [0.717, 1.165) is 26.1 Å². The highest BCUT2D eigenvalue weighted by Gasteiger charge is 2.32. The number of nitrogens with zero attached hydrogens (tertiary/aromatic N) is 3. The topological polar surface area (TPSA) is 52.2 Å². The lowest BCUT2D eigenvalue weighted by molar-refractivity contribution is 0.0683. The van der Waals surface area contributed by atoms with E-state index in [2.05, 4.69) is 46.3 Å². The predicted octanol–water partition coefficient (Wildman–Crippen LogP) is 2.71. The minimum Gasteiger partial charge on any atom is -0.333 e. The molecule has 1 aromatic heterocycles. The van der Waals surface area contributed by atoms with Crippen molar-refractivity contribution >= 4 is 5.91 Å². The van der Waals surface area contributed by atoms with E-state index >= 15 is 0 Å². The minimum absolute atomic E-state index is 0.0456. The summed E-state index contributed by atoms with van der Waals surface area (Å²) in [6.45, 7) is 6.94. The highest BCUT2D eigenvalue weighted by molar-refractivity contribution is 5.92. The van der Waals surface area contributed by atoms with Gasteiger partial charge in [-0.15, -0.1) is 0 Å². The number of aromatic nitrogens is 2. The van der Waals surface area contributed by atoms with Crippen LogP contribution in [0, 0.1) is 0 Å². The highest BCUT2D eigenvalue weighted by atomic mass is 16.2. The fourth-order valence-corrected chi connectivity index (χ4v) is 3.41. The Labute approximate surface area is 137 Å². The van der Waals surface area contributed by atoms with Gasteiger partial charge < -0.3 is 4.90 Å². The largest absolute Gasteiger partial charge is 0.333 e. The molecular formula is C18H24N4O. The molecule has 0 bridgehead atoms. The predicted molar refractivity (Wildman–Crippen MR) is 90.1 cm³/mol. The lowest BCUT2D eigenvalue weighted by Crippen LogP contribution is -2.42. The van der Waals surface area contributed by atoms with Crippen molar-refractivity contribution in [3.63, 3.8) is 0 Å². The smallest absolute Gasteiger partial charge is 0.272 e. The van der Waals surface area contributed by atoms with Gasteiger partial charge in [-0.2, -0.15) is 5.10 Å². The first kappa shape index (κ1) is 15.7. The fraction of sp³-hybridized carbons (Fsp3) is 0.444. The summed E-state index contributed by atoms with van der Waals surface area (Å²) in [7, 11) is 0. The second kappa shape index (κ2) is 6.96. The molecule has 2 atom stereocenters. The van der Waals surface area contributed by atoms with Crippen molar-refractivity contribution in [3.8, 4) is 0 Å². The molecule has 2 aromatic rings. The number of benzene rings is 1. The summed E-state index contributed by atoms with van der Waals surface area (Å²) in [6, 6.07) is 12.9. The van der Waals surface area contributed by atoms with E-state index in [1.165, 1.54) is 5.56 Å². The van der Waals surface area contributed by atoms with Gasteiger partial charge in [0.15, 0.2) is 0 Å². The summed E-state index contributed by atoms with van der Waals surface area (Å²) in [4.78, 5) is 17.0. The van der Waals surface area contributed by atoms with Crippen LogP contribution in [-0.2, 0) is 0 Å². The Morgan fingerprint density at radius 1 is 1.39 bits per heavy atom. The van der Waals surface area contributed by atoms with Gasteiger partial charge in [0.05, 0.1) is 0 Å². The van der Waals surface area contributed by atoms with Crippen LogP contribution in [0.2, 0.25) is 0 Å². The van der Waals surface area contributed by atoms with E-state index in [1.807, 2.05) is 17.9 Å². The van der Waals surface area contributed by atoms with Crippen LogP contribution < -0.4 is 0 Å². The standard InChI is InChI=1S/C18H24N4O/c1-3-22(18(23)17-9-11-19-20-17)16-10-12-21(13-16)14(2)15-7-5-4-6-8-15/h4-9,11,14,16H,3,10,12-13H2,1-2H3,(H,19,20). The highest BCUT2D eigenvalue weighted by Crippen LogP contribution is 2.27. The normalized spacial score (nSPS) is 19.7. The number of hydrogen-bond donors (Lipinski definition) is 1. The van der Waals surface area contributed by atoms with Crippen molar-refractivity contribution in [2.24, 2.45) is 0 Å². The Kier molecular flexibility index (Phi) is 4.76. The van der Waals surface area contributed by atoms with Crippen molar-refractivity contribution in [1.29, 1.82) is 0 Å². The van der Waals surface area contributed by atoms with Crippen LogP contribution in [-0.4, -0.2) is 51.6 Å². The Morgan fingerprint density at radius 2 is 2.17 bits per heavy atom. The molecule has 5 nitrogen and oxygen atoms in total. The van der Waals surface area contributed by atoms with E-state index in [1.54, 1.807) is 12.3 Å². The number of carbonyl (C=O) groups excluding carboxylic acids is 1. The van der Waals surface area contributed by atoms with Crippen LogP contribution in [0.4, 0.5) is 0 Å². The Hall–Kier alpha value is -2.14. The number of carbonyl (C=O) groups is 1. The van der Waals surface area contributed by atoms with Gasteiger partial charge in [0.1, 0.15) is 5.69 Å². The second-order valence-corrected chi connectivity index (χ2v) is 6.09. The monoisotopic (exact) mass is 312 g/mol. The Morgan fingerprint density at radius 3 is 2.83 bits per heavy atom. The molecule has 0 spiro atoms. The maximum absolute atomic E-state index is 12.6. The Balaban J connectivity index is 1.67. The molecule has 0 aliphatic carbocycles. The number of H-pyrrole nitrogens is 1. The van der Waals surface area contributed by atoms with Crippen LogP contribution in [0.1, 0.15) is 42.4 Å². The molecule has 122 valence electrons. The molecule has 23 heavy (non-hydrogen) atoms. The molecule has 3 rings (SSSR count). The first-order chi connectivity index (χ1) is 11.2. The summed E-state index contributed by atoms with van der Waals surface area (Å²) >= 11 is 0. The molecule has 1 aliphatic rings. The molecule has 2 heterocycles. The number of nitrogens with one attached hydrogen (secondary N) is 1. The summed E-state index contributed by atoms with van der Waals surface area (Å²) in [6.07, 6.45) is 2.64. The van der Waals surface area contributed by atoms with Crippen LogP contribution >= 0.6 is 0 Å². The van der Waals surface area contributed by atoms with Gasteiger partial charge in [-0.05, 0) is 31.9 Å². The van der Waals surface area contributed by atoms with Crippen molar-refractivity contribution in [1.82, 2.24) is 20.0 Å². The van der Waals surface area contributed by atoms with Crippen molar-refractivity contribution in [2.45, 2.75) is 32.4 Å². The number of likely N-dealkylation sites (tertiary alicyclic amines) is 1. The van der Waals surface area contributed by atoms with Crippen LogP contribution in [0.3, 0.4) is 0 Å². The minimum atomic E-state index is 0.0456. The molecule has 0 saturated carbocycles. The van der Waals surface area contributed by atoms with Crippen molar-refractivity contribution < 1.29 is 4.79 Å². The molecule has 1 fully saturated rings. The van der Waals surface area contributed by atoms with Crippen LogP contribution in [0.25, 0.3) is 0 Å². The maximum atomic E-state index is 12.6. The number of likely N-dealkylation sites (N-methyl/N-ethyl adjacent to an activating group) is 1. The maximum Gasteiger partial charge on any atom is 0.272 e. The third-order valence-corrected chi connectivity index (χ3v) is 4.80. The summed E-state index contributed by atoms with van der Waals surface area (Å²) in [5, 5.41) is 6.67. The van der Waals surface area contributed by atoms with Gasteiger partial charge in [0.25, 0.3) is 5.91 Å². The van der Waals surface area contributed by atoms with E-state index in [0.29, 0.717) is 11.7 Å². The number of amides is 1. The SMILES string of the molecule is CCN(C(=O)c1ccn[nH]1)C1CCN(C(C)c2ccccc2)C1.